The van der Waals surface area contributed by atoms with Gasteiger partial charge in [0.05, 0.1) is 4.92 Å². The molecule has 1 aromatic rings. The molecule has 1 atom stereocenters. The molecular weight excluding hydrogens is 322 g/mol. The molecule has 24 heavy (non-hydrogen) atoms. The fourth-order valence-corrected chi connectivity index (χ4v) is 1.94. The summed E-state index contributed by atoms with van der Waals surface area (Å²) >= 11 is 0. The van der Waals surface area contributed by atoms with Gasteiger partial charge >= 0.3 is 11.7 Å². The third kappa shape index (κ3) is 5.66. The van der Waals surface area contributed by atoms with Crippen LogP contribution in [0.3, 0.4) is 0 Å². The second-order valence-corrected chi connectivity index (χ2v) is 5.05. The van der Waals surface area contributed by atoms with Gasteiger partial charge in [-0.05, 0) is 6.92 Å². The van der Waals surface area contributed by atoms with Gasteiger partial charge in [-0.1, -0.05) is 0 Å². The topological polar surface area (TPSA) is 148 Å². The molecule has 0 bridgehead atoms. The Bertz CT molecular complexity index is 628. The SMILES string of the molecule is CC(=O)NCCN(C(=O)CCn1cc([N+](=O)[O-])cn1)C(C)C(=O)O. The van der Waals surface area contributed by atoms with Crippen molar-refractivity contribution in [2.45, 2.75) is 32.9 Å². The van der Waals surface area contributed by atoms with Crippen LogP contribution in [-0.4, -0.2) is 61.6 Å². The molecule has 0 aliphatic heterocycles. The molecular formula is C13H19N5O6. The van der Waals surface area contributed by atoms with Crippen molar-refractivity contribution in [2.24, 2.45) is 0 Å². The number of carbonyl (C=O) groups excluding carboxylic acids is 2. The number of carboxylic acids is 1. The van der Waals surface area contributed by atoms with Crippen LogP contribution in [0, 0.1) is 10.1 Å². The molecule has 2 amide bonds. The first-order valence-corrected chi connectivity index (χ1v) is 7.16. The highest BCUT2D eigenvalue weighted by Crippen LogP contribution is 2.09. The molecule has 0 saturated heterocycles. The molecule has 132 valence electrons. The molecule has 0 saturated carbocycles. The molecule has 11 nitrogen and oxygen atoms in total. The normalized spacial score (nSPS) is 11.6. The van der Waals surface area contributed by atoms with Crippen molar-refractivity contribution in [3.63, 3.8) is 0 Å². The van der Waals surface area contributed by atoms with Crippen LogP contribution in [0.25, 0.3) is 0 Å². The summed E-state index contributed by atoms with van der Waals surface area (Å²) in [6.45, 7) is 2.94. The van der Waals surface area contributed by atoms with Crippen molar-refractivity contribution < 1.29 is 24.4 Å². The largest absolute Gasteiger partial charge is 0.480 e. The lowest BCUT2D eigenvalue weighted by Crippen LogP contribution is -2.47. The number of nitrogens with one attached hydrogen (secondary N) is 1. The lowest BCUT2D eigenvalue weighted by atomic mass is 10.2. The zero-order chi connectivity index (χ0) is 18.3. The number of hydrogen-bond acceptors (Lipinski definition) is 6. The minimum absolute atomic E-state index is 0.0468. The lowest BCUT2D eigenvalue weighted by Gasteiger charge is -2.26. The summed E-state index contributed by atoms with van der Waals surface area (Å²) in [5, 5.41) is 25.9. The van der Waals surface area contributed by atoms with E-state index >= 15 is 0 Å². The van der Waals surface area contributed by atoms with E-state index in [-0.39, 0.29) is 37.6 Å². The van der Waals surface area contributed by atoms with E-state index in [2.05, 4.69) is 10.4 Å². The van der Waals surface area contributed by atoms with E-state index < -0.39 is 22.8 Å². The molecule has 11 heteroatoms. The number of aromatic nitrogens is 2. The van der Waals surface area contributed by atoms with Crippen LogP contribution in [-0.2, 0) is 20.9 Å². The highest BCUT2D eigenvalue weighted by atomic mass is 16.6. The number of carbonyl (C=O) groups is 3. The molecule has 0 aromatic carbocycles. The predicted octanol–water partition coefficient (Wildman–Crippen LogP) is -0.381. The summed E-state index contributed by atoms with van der Waals surface area (Å²) in [6, 6.07) is -1.06. The number of aliphatic carboxylic acids is 1. The van der Waals surface area contributed by atoms with Crippen LogP contribution >= 0.6 is 0 Å². The Hall–Kier alpha value is -2.98. The smallest absolute Gasteiger partial charge is 0.326 e. The highest BCUT2D eigenvalue weighted by molar-refractivity contribution is 5.83. The Labute approximate surface area is 137 Å². The van der Waals surface area contributed by atoms with Gasteiger partial charge in [0.2, 0.25) is 11.8 Å². The number of rotatable bonds is 9. The van der Waals surface area contributed by atoms with Gasteiger partial charge in [0.1, 0.15) is 18.4 Å². The summed E-state index contributed by atoms with van der Waals surface area (Å²) in [7, 11) is 0. The van der Waals surface area contributed by atoms with Crippen LogP contribution in [0.4, 0.5) is 5.69 Å². The third-order valence-electron chi connectivity index (χ3n) is 3.26. The van der Waals surface area contributed by atoms with E-state index in [1.807, 2.05) is 0 Å². The molecule has 1 unspecified atom stereocenters. The van der Waals surface area contributed by atoms with E-state index in [1.54, 1.807) is 0 Å². The standard InChI is InChI=1S/C13H19N5O6/c1-9(13(21)22)17(6-4-14-10(2)19)12(20)3-5-16-8-11(7-15-16)18(23)24/h7-9H,3-6H2,1-2H3,(H,14,19)(H,21,22). The van der Waals surface area contributed by atoms with Crippen LogP contribution in [0.5, 0.6) is 0 Å². The summed E-state index contributed by atoms with van der Waals surface area (Å²) in [5.41, 5.74) is -0.191. The quantitative estimate of drug-likeness (QED) is 0.459. The summed E-state index contributed by atoms with van der Waals surface area (Å²) in [6.07, 6.45) is 2.19. The van der Waals surface area contributed by atoms with Crippen molar-refractivity contribution in [3.05, 3.63) is 22.5 Å². The van der Waals surface area contributed by atoms with E-state index in [0.29, 0.717) is 0 Å². The Morgan fingerprint density at radius 3 is 2.67 bits per heavy atom. The van der Waals surface area contributed by atoms with E-state index in [4.69, 9.17) is 5.11 Å². The molecule has 0 aliphatic rings. The second-order valence-electron chi connectivity index (χ2n) is 5.05. The number of hydrogen-bond donors (Lipinski definition) is 2. The average molecular weight is 341 g/mol. The first kappa shape index (κ1) is 19.1. The molecule has 1 heterocycles. The van der Waals surface area contributed by atoms with E-state index in [0.717, 1.165) is 11.1 Å². The van der Waals surface area contributed by atoms with E-state index in [9.17, 15) is 24.5 Å². The van der Waals surface area contributed by atoms with Gasteiger partial charge in [0.15, 0.2) is 0 Å². The van der Waals surface area contributed by atoms with E-state index in [1.165, 1.54) is 24.7 Å². The van der Waals surface area contributed by atoms with Crippen LogP contribution in [0.1, 0.15) is 20.3 Å². The first-order chi connectivity index (χ1) is 11.2. The van der Waals surface area contributed by atoms with Gasteiger partial charge in [-0.25, -0.2) is 4.79 Å². The zero-order valence-electron chi connectivity index (χ0n) is 13.3. The molecule has 0 radical (unpaired) electrons. The van der Waals surface area contributed by atoms with Gasteiger partial charge < -0.3 is 15.3 Å². The van der Waals surface area contributed by atoms with Crippen molar-refractivity contribution >= 4 is 23.5 Å². The van der Waals surface area contributed by atoms with Crippen LogP contribution < -0.4 is 5.32 Å². The van der Waals surface area contributed by atoms with Gasteiger partial charge in [-0.2, -0.15) is 5.10 Å². The van der Waals surface area contributed by atoms with Gasteiger partial charge in [0, 0.05) is 33.0 Å². The van der Waals surface area contributed by atoms with Gasteiger partial charge in [-0.15, -0.1) is 0 Å². The Balaban J connectivity index is 2.66. The minimum Gasteiger partial charge on any atom is -0.480 e. The number of nitro groups is 1. The maximum absolute atomic E-state index is 12.3. The summed E-state index contributed by atoms with van der Waals surface area (Å²) in [5.74, 6) is -1.90. The number of nitrogens with zero attached hydrogens (tertiary/aromatic N) is 4. The summed E-state index contributed by atoms with van der Waals surface area (Å²) in [4.78, 5) is 45.4. The number of carboxylic acid groups (broad SMARTS) is 1. The Kier molecular flexibility index (Phi) is 6.83. The monoisotopic (exact) mass is 341 g/mol. The molecule has 0 aliphatic carbocycles. The van der Waals surface area contributed by atoms with Crippen molar-refractivity contribution in [2.75, 3.05) is 13.1 Å². The maximum Gasteiger partial charge on any atom is 0.326 e. The fraction of sp³-hybridized carbons (Fsp3) is 0.538. The molecule has 2 N–H and O–H groups in total. The molecule has 0 fully saturated rings. The first-order valence-electron chi connectivity index (χ1n) is 7.16. The maximum atomic E-state index is 12.3. The highest BCUT2D eigenvalue weighted by Gasteiger charge is 2.25. The third-order valence-corrected chi connectivity index (χ3v) is 3.26. The van der Waals surface area contributed by atoms with Crippen molar-refractivity contribution in [1.29, 1.82) is 0 Å². The fourth-order valence-electron chi connectivity index (χ4n) is 1.94. The molecule has 0 spiro atoms. The van der Waals surface area contributed by atoms with Crippen molar-refractivity contribution in [3.8, 4) is 0 Å². The number of amides is 2. The number of aryl methyl sites for hydroxylation is 1. The second kappa shape index (κ2) is 8.60. The minimum atomic E-state index is -1.17. The van der Waals surface area contributed by atoms with Crippen LogP contribution in [0.15, 0.2) is 12.4 Å². The Morgan fingerprint density at radius 2 is 2.17 bits per heavy atom. The van der Waals surface area contributed by atoms with Gasteiger partial charge in [0.25, 0.3) is 0 Å². The average Bonchev–Trinajstić information content (AvgIpc) is 2.97. The van der Waals surface area contributed by atoms with Crippen LogP contribution in [0.2, 0.25) is 0 Å². The lowest BCUT2D eigenvalue weighted by molar-refractivity contribution is -0.385. The van der Waals surface area contributed by atoms with Crippen molar-refractivity contribution in [1.82, 2.24) is 20.0 Å². The molecule has 1 rings (SSSR count). The predicted molar refractivity (Wildman–Crippen MR) is 81.0 cm³/mol. The van der Waals surface area contributed by atoms with Gasteiger partial charge in [-0.3, -0.25) is 24.4 Å². The summed E-state index contributed by atoms with van der Waals surface area (Å²) < 4.78 is 1.24. The molecule has 1 aromatic heterocycles. The zero-order valence-corrected chi connectivity index (χ0v) is 13.3. The Morgan fingerprint density at radius 1 is 1.50 bits per heavy atom.